The highest BCUT2D eigenvalue weighted by Crippen LogP contribution is 2.28. The third kappa shape index (κ3) is 7.03. The number of nitrogens with zero attached hydrogens (tertiary/aromatic N) is 4. The summed E-state index contributed by atoms with van der Waals surface area (Å²) >= 11 is 0. The average molecular weight is 476 g/mol. The number of nitrogens with one attached hydrogen (secondary N) is 3. The molecule has 0 radical (unpaired) electrons. The smallest absolute Gasteiger partial charge is 0.236 e. The Kier molecular flexibility index (Phi) is 8.45. The highest BCUT2D eigenvalue weighted by molar-refractivity contribution is 7.93. The Balaban J connectivity index is 1.52. The summed E-state index contributed by atoms with van der Waals surface area (Å²) < 4.78 is 40.4. The molecule has 0 aromatic carbocycles. The van der Waals surface area contributed by atoms with E-state index in [4.69, 9.17) is 5.53 Å². The number of hydrogen-bond donors (Lipinski definition) is 3. The van der Waals surface area contributed by atoms with Crippen molar-refractivity contribution >= 4 is 15.8 Å². The lowest BCUT2D eigenvalue weighted by molar-refractivity contribution is 0.225. The van der Waals surface area contributed by atoms with Gasteiger partial charge in [0.15, 0.2) is 0 Å². The summed E-state index contributed by atoms with van der Waals surface area (Å²) in [6, 6.07) is 8.31. The fourth-order valence-electron chi connectivity index (χ4n) is 3.54. The second kappa shape index (κ2) is 11.3. The second-order valence-electron chi connectivity index (χ2n) is 8.25. The van der Waals surface area contributed by atoms with Crippen LogP contribution in [0.5, 0.6) is 0 Å². The Morgan fingerprint density at radius 2 is 2.06 bits per heavy atom. The molecule has 9 nitrogen and oxygen atoms in total. The van der Waals surface area contributed by atoms with Crippen LogP contribution in [0.15, 0.2) is 53.5 Å². The molecule has 0 amide bonds. The molecule has 0 atom stereocenters. The lowest BCUT2D eigenvalue weighted by Crippen LogP contribution is -2.34. The number of anilines is 1. The SMILES string of the molecule is CC(C)S(=O)(=O)Nc1cccc(C2CCN(C/C(=C/NCc3ncccc3F)N=N)CC2)n1. The summed E-state index contributed by atoms with van der Waals surface area (Å²) in [5.74, 6) is 0.201. The van der Waals surface area contributed by atoms with E-state index in [2.05, 4.69) is 30.0 Å². The molecule has 1 fully saturated rings. The Morgan fingerprint density at radius 3 is 2.73 bits per heavy atom. The van der Waals surface area contributed by atoms with Gasteiger partial charge in [-0.25, -0.2) is 23.3 Å². The van der Waals surface area contributed by atoms with Crippen LogP contribution in [0.3, 0.4) is 0 Å². The maximum Gasteiger partial charge on any atom is 0.236 e. The molecule has 3 heterocycles. The zero-order valence-corrected chi connectivity index (χ0v) is 19.6. The van der Waals surface area contributed by atoms with E-state index in [1.807, 2.05) is 12.1 Å². The largest absolute Gasteiger partial charge is 0.384 e. The molecular weight excluding hydrogens is 445 g/mol. The molecule has 178 valence electrons. The number of rotatable bonds is 10. The first-order valence-corrected chi connectivity index (χ1v) is 12.4. The van der Waals surface area contributed by atoms with Gasteiger partial charge in [0.1, 0.15) is 11.6 Å². The first kappa shape index (κ1) is 24.7. The number of pyridine rings is 2. The molecule has 0 bridgehead atoms. The summed E-state index contributed by atoms with van der Waals surface area (Å²) in [6.07, 6.45) is 4.89. The maximum atomic E-state index is 13.7. The molecule has 0 spiro atoms. The summed E-state index contributed by atoms with van der Waals surface area (Å²) in [7, 11) is -3.44. The molecule has 2 aromatic rings. The van der Waals surface area contributed by atoms with Crippen LogP contribution in [-0.2, 0) is 16.6 Å². The zero-order chi connectivity index (χ0) is 23.8. The number of aromatic nitrogens is 2. The Morgan fingerprint density at radius 1 is 1.30 bits per heavy atom. The minimum atomic E-state index is -3.44. The number of hydrogen-bond acceptors (Lipinski definition) is 8. The van der Waals surface area contributed by atoms with Gasteiger partial charge in [-0.3, -0.25) is 14.6 Å². The molecule has 1 aliphatic rings. The Labute approximate surface area is 194 Å². The van der Waals surface area contributed by atoms with E-state index in [1.165, 1.54) is 12.3 Å². The highest BCUT2D eigenvalue weighted by Gasteiger charge is 2.23. The van der Waals surface area contributed by atoms with E-state index in [0.29, 0.717) is 23.8 Å². The van der Waals surface area contributed by atoms with Gasteiger partial charge in [-0.2, -0.15) is 5.11 Å². The lowest BCUT2D eigenvalue weighted by Gasteiger charge is -2.31. The van der Waals surface area contributed by atoms with E-state index in [0.717, 1.165) is 31.6 Å². The molecule has 2 aromatic heterocycles. The average Bonchev–Trinajstić information content (AvgIpc) is 2.80. The molecule has 0 aliphatic carbocycles. The van der Waals surface area contributed by atoms with E-state index < -0.39 is 15.3 Å². The molecule has 1 saturated heterocycles. The quantitative estimate of drug-likeness (QED) is 0.451. The van der Waals surface area contributed by atoms with E-state index in [9.17, 15) is 12.8 Å². The molecule has 33 heavy (non-hydrogen) atoms. The van der Waals surface area contributed by atoms with Gasteiger partial charge in [-0.1, -0.05) is 6.07 Å². The van der Waals surface area contributed by atoms with Gasteiger partial charge >= 0.3 is 0 Å². The van der Waals surface area contributed by atoms with E-state index in [1.54, 1.807) is 32.2 Å². The molecule has 11 heteroatoms. The normalized spacial score (nSPS) is 16.1. The highest BCUT2D eigenvalue weighted by atomic mass is 32.2. The summed E-state index contributed by atoms with van der Waals surface area (Å²) in [5.41, 5.74) is 9.17. The van der Waals surface area contributed by atoms with Crippen molar-refractivity contribution in [2.24, 2.45) is 5.11 Å². The maximum absolute atomic E-state index is 13.7. The Bertz CT molecular complexity index is 1080. The van der Waals surface area contributed by atoms with Gasteiger partial charge in [-0.15, -0.1) is 0 Å². The summed E-state index contributed by atoms with van der Waals surface area (Å²) in [5, 5.41) is 6.03. The molecule has 0 unspecified atom stereocenters. The van der Waals surface area contributed by atoms with Gasteiger partial charge < -0.3 is 5.32 Å². The molecular formula is C22H30FN7O2S. The van der Waals surface area contributed by atoms with Gasteiger partial charge in [-0.05, 0) is 64.0 Å². The van der Waals surface area contributed by atoms with Gasteiger partial charge in [0, 0.05) is 30.6 Å². The number of likely N-dealkylation sites (tertiary alicyclic amines) is 1. The van der Waals surface area contributed by atoms with Crippen molar-refractivity contribution in [3.63, 3.8) is 0 Å². The van der Waals surface area contributed by atoms with Crippen LogP contribution in [0.4, 0.5) is 10.2 Å². The van der Waals surface area contributed by atoms with E-state index in [-0.39, 0.29) is 18.3 Å². The zero-order valence-electron chi connectivity index (χ0n) is 18.8. The van der Waals surface area contributed by atoms with Crippen molar-refractivity contribution in [1.29, 1.82) is 5.53 Å². The summed E-state index contributed by atoms with van der Waals surface area (Å²) in [4.78, 5) is 10.7. The van der Waals surface area contributed by atoms with Crippen molar-refractivity contribution in [3.05, 3.63) is 65.6 Å². The van der Waals surface area contributed by atoms with Crippen molar-refractivity contribution in [2.45, 2.75) is 44.4 Å². The first-order chi connectivity index (χ1) is 15.8. The molecule has 1 aliphatic heterocycles. The van der Waals surface area contributed by atoms with E-state index >= 15 is 0 Å². The standard InChI is InChI=1S/C22H30FN7O2S/c1-16(2)33(31,32)29-22-7-3-6-20(27-22)17-8-11-30(12-9-17)15-18(28-24)13-25-14-21-19(23)5-4-10-26-21/h3-7,10,13,16-17,24-25H,8-9,11-12,14-15H2,1-2H3,(H,27,29)/b18-13-,28-24?. The lowest BCUT2D eigenvalue weighted by atomic mass is 9.93. The monoisotopic (exact) mass is 475 g/mol. The number of halogens is 1. The predicted octanol–water partition coefficient (Wildman–Crippen LogP) is 3.61. The fraction of sp³-hybridized carbons (Fsp3) is 0.455. The third-order valence-corrected chi connectivity index (χ3v) is 7.28. The van der Waals surface area contributed by atoms with Crippen LogP contribution in [0.1, 0.15) is 44.0 Å². The topological polar surface area (TPSA) is 123 Å². The third-order valence-electron chi connectivity index (χ3n) is 5.55. The van der Waals surface area contributed by atoms with Gasteiger partial charge in [0.2, 0.25) is 10.0 Å². The molecule has 3 N–H and O–H groups in total. The molecule has 3 rings (SSSR count). The number of sulfonamides is 1. The van der Waals surface area contributed by atoms with Crippen LogP contribution in [0.25, 0.3) is 0 Å². The van der Waals surface area contributed by atoms with Crippen LogP contribution in [-0.4, -0.2) is 48.2 Å². The van der Waals surface area contributed by atoms with Gasteiger partial charge in [0.25, 0.3) is 0 Å². The predicted molar refractivity (Wildman–Crippen MR) is 125 cm³/mol. The van der Waals surface area contributed by atoms with Crippen molar-refractivity contribution in [1.82, 2.24) is 20.2 Å². The van der Waals surface area contributed by atoms with Crippen LogP contribution < -0.4 is 10.0 Å². The van der Waals surface area contributed by atoms with Crippen molar-refractivity contribution in [2.75, 3.05) is 24.4 Å². The van der Waals surface area contributed by atoms with Crippen molar-refractivity contribution in [3.8, 4) is 0 Å². The Hall–Kier alpha value is -2.92. The minimum absolute atomic E-state index is 0.219. The first-order valence-electron chi connectivity index (χ1n) is 10.9. The van der Waals surface area contributed by atoms with Crippen LogP contribution >= 0.6 is 0 Å². The van der Waals surface area contributed by atoms with Gasteiger partial charge in [0.05, 0.1) is 23.2 Å². The van der Waals surface area contributed by atoms with Crippen LogP contribution in [0.2, 0.25) is 0 Å². The number of piperidine rings is 1. The molecule has 0 saturated carbocycles. The minimum Gasteiger partial charge on any atom is -0.384 e. The fourth-order valence-corrected chi connectivity index (χ4v) is 4.18. The summed E-state index contributed by atoms with van der Waals surface area (Å²) in [6.45, 7) is 5.58. The van der Waals surface area contributed by atoms with Crippen molar-refractivity contribution < 1.29 is 12.8 Å². The second-order valence-corrected chi connectivity index (χ2v) is 10.5. The van der Waals surface area contributed by atoms with Crippen LogP contribution in [0, 0.1) is 11.3 Å².